The zero-order chi connectivity index (χ0) is 34.3. The van der Waals surface area contributed by atoms with E-state index in [0.717, 1.165) is 0 Å². The molecule has 1 aromatic rings. The third-order valence-electron chi connectivity index (χ3n) is 7.36. The van der Waals surface area contributed by atoms with Gasteiger partial charge in [0.25, 0.3) is 5.91 Å². The summed E-state index contributed by atoms with van der Waals surface area (Å²) in [6, 6.07) is 2.46. The second kappa shape index (κ2) is 18.9. The van der Waals surface area contributed by atoms with E-state index in [1.54, 1.807) is 52.0 Å². The smallest absolute Gasteiger partial charge is 0.351 e. The van der Waals surface area contributed by atoms with E-state index < -0.39 is 59.8 Å². The molecule has 1 rings (SSSR count). The number of carbonyl (C=O) groups is 5. The predicted molar refractivity (Wildman–Crippen MR) is 165 cm³/mol. The molecule has 0 fully saturated rings. The predicted octanol–water partition coefficient (Wildman–Crippen LogP) is 2.48. The number of alkyl halides is 2. The van der Waals surface area contributed by atoms with Crippen molar-refractivity contribution in [3.63, 3.8) is 0 Å². The molecule has 0 aliphatic rings. The molecular weight excluding hydrogens is 592 g/mol. The third kappa shape index (κ3) is 13.4. The van der Waals surface area contributed by atoms with Crippen molar-refractivity contribution in [2.45, 2.75) is 116 Å². The Hall–Kier alpha value is -3.81. The van der Waals surface area contributed by atoms with Gasteiger partial charge in [-0.1, -0.05) is 59.6 Å². The molecule has 8 N–H and O–H groups in total. The summed E-state index contributed by atoms with van der Waals surface area (Å²) in [5.74, 6) is -9.67. The summed E-state index contributed by atoms with van der Waals surface area (Å²) in [6.07, 6.45) is -1.86. The van der Waals surface area contributed by atoms with Crippen LogP contribution in [0.2, 0.25) is 0 Å². The van der Waals surface area contributed by atoms with E-state index in [0.29, 0.717) is 24.1 Å². The van der Waals surface area contributed by atoms with Crippen LogP contribution in [0.5, 0.6) is 0 Å². The van der Waals surface area contributed by atoms with Crippen molar-refractivity contribution in [3.05, 3.63) is 29.8 Å². The lowest BCUT2D eigenvalue weighted by Crippen LogP contribution is -2.61. The number of nitrogen functional groups attached to an aromatic ring is 1. The minimum Gasteiger partial charge on any atom is -0.481 e. The van der Waals surface area contributed by atoms with Gasteiger partial charge in [-0.05, 0) is 48.8 Å². The van der Waals surface area contributed by atoms with Gasteiger partial charge in [0, 0.05) is 25.1 Å². The molecule has 0 aliphatic carbocycles. The van der Waals surface area contributed by atoms with Crippen molar-refractivity contribution in [2.75, 3.05) is 5.73 Å². The van der Waals surface area contributed by atoms with Gasteiger partial charge >= 0.3 is 11.9 Å². The lowest BCUT2D eigenvalue weighted by atomic mass is 9.94. The van der Waals surface area contributed by atoms with E-state index in [1.807, 2.05) is 6.92 Å². The normalized spacial score (nSPS) is 14.9. The molecule has 1 unspecified atom stereocenters. The number of amides is 4. The Morgan fingerprint density at radius 1 is 0.933 bits per heavy atom. The van der Waals surface area contributed by atoms with E-state index in [1.165, 1.54) is 0 Å². The van der Waals surface area contributed by atoms with Gasteiger partial charge in [-0.25, -0.2) is 0 Å². The first kappa shape index (κ1) is 39.2. The summed E-state index contributed by atoms with van der Waals surface area (Å²) in [4.78, 5) is 62.3. The van der Waals surface area contributed by atoms with Gasteiger partial charge in [-0.3, -0.25) is 24.0 Å². The average molecular weight is 642 g/mol. The first-order valence-corrected chi connectivity index (χ1v) is 15.3. The highest BCUT2D eigenvalue weighted by Gasteiger charge is 2.50. The molecule has 0 aliphatic heterocycles. The number of nitrogens with one attached hydrogen (secondary N) is 4. The zero-order valence-corrected chi connectivity index (χ0v) is 26.7. The SMILES string of the molecule is CCC[C@H](NC(=O)C(NC(=O)CCCC(=O)O)[C@@H](C)CC)C(=O)N[C@@H](CC(C)C)[C@@H](O)C(F)(F)C(=O)NCc1ccc(N)cc1. The van der Waals surface area contributed by atoms with Crippen LogP contribution in [0.1, 0.15) is 85.1 Å². The van der Waals surface area contributed by atoms with E-state index in [2.05, 4.69) is 21.3 Å². The molecule has 0 saturated carbocycles. The number of benzene rings is 1. The van der Waals surface area contributed by atoms with Crippen molar-refractivity contribution in [1.29, 1.82) is 0 Å². The summed E-state index contributed by atoms with van der Waals surface area (Å²) >= 11 is 0. The van der Waals surface area contributed by atoms with Crippen molar-refractivity contribution < 1.29 is 43.0 Å². The van der Waals surface area contributed by atoms with Gasteiger partial charge in [0.15, 0.2) is 0 Å². The van der Waals surface area contributed by atoms with Crippen LogP contribution in [0.15, 0.2) is 24.3 Å². The molecule has 254 valence electrons. The standard InChI is InChI=1S/C31H49F2N5O7/c1-6-9-22(36-29(44)26(19(5)7-2)38-24(39)10-8-11-25(40)41)28(43)37-23(16-18(3)4)27(42)31(32,33)30(45)35-17-20-12-14-21(34)15-13-20/h12-15,18-19,22-23,26-27,42H,6-11,16-17,34H2,1-5H3,(H,35,45)(H,36,44)(H,37,43)(H,38,39)(H,40,41)/t19-,22-,23-,26?,27+/m0/s1. The third-order valence-corrected chi connectivity index (χ3v) is 7.36. The van der Waals surface area contributed by atoms with Gasteiger partial charge in [0.1, 0.15) is 18.2 Å². The number of halogens is 2. The molecule has 0 spiro atoms. The number of rotatable bonds is 20. The van der Waals surface area contributed by atoms with Crippen molar-refractivity contribution in [3.8, 4) is 0 Å². The summed E-state index contributed by atoms with van der Waals surface area (Å²) in [5, 5.41) is 29.2. The molecule has 14 heteroatoms. The van der Waals surface area contributed by atoms with E-state index in [4.69, 9.17) is 10.8 Å². The lowest BCUT2D eigenvalue weighted by molar-refractivity contribution is -0.168. The fourth-order valence-electron chi connectivity index (χ4n) is 4.55. The lowest BCUT2D eigenvalue weighted by Gasteiger charge is -2.32. The molecule has 0 aromatic heterocycles. The molecule has 1 aromatic carbocycles. The average Bonchev–Trinajstić information content (AvgIpc) is 2.97. The molecule has 4 amide bonds. The quantitative estimate of drug-likeness (QED) is 0.105. The molecule has 5 atom stereocenters. The number of aliphatic carboxylic acids is 1. The Bertz CT molecular complexity index is 1130. The second-order valence-electron chi connectivity index (χ2n) is 11.8. The maximum atomic E-state index is 15.2. The topological polar surface area (TPSA) is 200 Å². The number of carboxylic acids is 1. The second-order valence-corrected chi connectivity index (χ2v) is 11.8. The van der Waals surface area contributed by atoms with Crippen molar-refractivity contribution in [2.24, 2.45) is 11.8 Å². The van der Waals surface area contributed by atoms with E-state index in [9.17, 15) is 29.1 Å². The summed E-state index contributed by atoms with van der Waals surface area (Å²) in [7, 11) is 0. The van der Waals surface area contributed by atoms with Crippen LogP contribution in [0.4, 0.5) is 14.5 Å². The molecule has 0 heterocycles. The Morgan fingerprint density at radius 3 is 2.09 bits per heavy atom. The van der Waals surface area contributed by atoms with Gasteiger partial charge in [0.05, 0.1) is 6.04 Å². The number of carbonyl (C=O) groups excluding carboxylic acids is 4. The van der Waals surface area contributed by atoms with Crippen LogP contribution in [0, 0.1) is 11.8 Å². The molecule has 0 radical (unpaired) electrons. The molecule has 0 saturated heterocycles. The molecule has 0 bridgehead atoms. The first-order valence-electron chi connectivity index (χ1n) is 15.3. The van der Waals surface area contributed by atoms with Crippen LogP contribution < -0.4 is 27.0 Å². The van der Waals surface area contributed by atoms with Crippen LogP contribution in [0.3, 0.4) is 0 Å². The fourth-order valence-corrected chi connectivity index (χ4v) is 4.55. The van der Waals surface area contributed by atoms with Gasteiger partial charge in [-0.2, -0.15) is 8.78 Å². The minimum absolute atomic E-state index is 0.0838. The first-order chi connectivity index (χ1) is 21.0. The number of aliphatic hydroxyl groups excluding tert-OH is 1. The Kier molecular flexibility index (Phi) is 16.4. The highest BCUT2D eigenvalue weighted by atomic mass is 19.3. The fraction of sp³-hybridized carbons (Fsp3) is 0.645. The highest BCUT2D eigenvalue weighted by molar-refractivity contribution is 5.92. The van der Waals surface area contributed by atoms with Gasteiger partial charge in [0.2, 0.25) is 17.7 Å². The van der Waals surface area contributed by atoms with E-state index >= 15 is 8.78 Å². The van der Waals surface area contributed by atoms with E-state index in [-0.39, 0.29) is 50.5 Å². The van der Waals surface area contributed by atoms with Crippen LogP contribution >= 0.6 is 0 Å². The van der Waals surface area contributed by atoms with Crippen LogP contribution in [-0.2, 0) is 30.5 Å². The maximum absolute atomic E-state index is 15.2. The molecular formula is C31H49F2N5O7. The number of nitrogens with two attached hydrogens (primary N) is 1. The number of hydrogen-bond acceptors (Lipinski definition) is 7. The van der Waals surface area contributed by atoms with Gasteiger partial charge < -0.3 is 37.2 Å². The number of aliphatic hydroxyl groups is 1. The monoisotopic (exact) mass is 641 g/mol. The summed E-state index contributed by atoms with van der Waals surface area (Å²) in [6.45, 7) is 8.45. The van der Waals surface area contributed by atoms with Crippen molar-refractivity contribution >= 4 is 35.3 Å². The number of hydrogen-bond donors (Lipinski definition) is 7. The van der Waals surface area contributed by atoms with Gasteiger partial charge in [-0.15, -0.1) is 0 Å². The molecule has 45 heavy (non-hydrogen) atoms. The summed E-state index contributed by atoms with van der Waals surface area (Å²) in [5.41, 5.74) is 6.59. The Balaban J connectivity index is 3.05. The Morgan fingerprint density at radius 2 is 1.56 bits per heavy atom. The van der Waals surface area contributed by atoms with Crippen LogP contribution in [-0.4, -0.2) is 70.0 Å². The van der Waals surface area contributed by atoms with Crippen LogP contribution in [0.25, 0.3) is 0 Å². The Labute approximate surface area is 263 Å². The highest BCUT2D eigenvalue weighted by Crippen LogP contribution is 2.25. The number of anilines is 1. The maximum Gasteiger partial charge on any atom is 0.351 e. The van der Waals surface area contributed by atoms with Crippen molar-refractivity contribution in [1.82, 2.24) is 21.3 Å². The minimum atomic E-state index is -4.27. The molecule has 12 nitrogen and oxygen atoms in total. The largest absolute Gasteiger partial charge is 0.481 e. The zero-order valence-electron chi connectivity index (χ0n) is 26.7. The summed E-state index contributed by atoms with van der Waals surface area (Å²) < 4.78 is 30.4. The number of carboxylic acid groups (broad SMARTS) is 1.